The topological polar surface area (TPSA) is 0 Å². The van der Waals surface area contributed by atoms with E-state index in [0.29, 0.717) is 0 Å². The van der Waals surface area contributed by atoms with E-state index in [4.69, 9.17) is 0 Å². The molecule has 0 aromatic heterocycles. The Morgan fingerprint density at radius 2 is 0.939 bits per heavy atom. The number of fused-ring (bicyclic) bond motifs is 3. The summed E-state index contributed by atoms with van der Waals surface area (Å²) in [4.78, 5) is 0. The van der Waals surface area contributed by atoms with E-state index in [-0.39, 0.29) is 0 Å². The van der Waals surface area contributed by atoms with Gasteiger partial charge in [-0.15, -0.1) is 0 Å². The highest BCUT2D eigenvalue weighted by molar-refractivity contribution is 9.10. The van der Waals surface area contributed by atoms with Gasteiger partial charge in [-0.25, -0.2) is 0 Å². The van der Waals surface area contributed by atoms with Crippen molar-refractivity contribution in [2.45, 2.75) is 0 Å². The van der Waals surface area contributed by atoms with Crippen molar-refractivity contribution < 1.29 is 0 Å². The molecule has 0 N–H and O–H groups in total. The predicted molar refractivity (Wildman–Crippen MR) is 145 cm³/mol. The van der Waals surface area contributed by atoms with Crippen LogP contribution in [0.5, 0.6) is 0 Å². The highest BCUT2D eigenvalue weighted by Crippen LogP contribution is 2.37. The molecule has 0 atom stereocenters. The van der Waals surface area contributed by atoms with Crippen LogP contribution in [-0.4, -0.2) is 0 Å². The molecule has 6 aromatic carbocycles. The van der Waals surface area contributed by atoms with Crippen molar-refractivity contribution in [1.82, 2.24) is 0 Å². The van der Waals surface area contributed by atoms with E-state index in [1.165, 1.54) is 54.9 Å². The molecule has 0 radical (unpaired) electrons. The van der Waals surface area contributed by atoms with Gasteiger partial charge in [0.1, 0.15) is 0 Å². The van der Waals surface area contributed by atoms with Crippen molar-refractivity contribution in [2.75, 3.05) is 0 Å². The Labute approximate surface area is 202 Å². The van der Waals surface area contributed by atoms with Crippen LogP contribution in [0.15, 0.2) is 132 Å². The van der Waals surface area contributed by atoms with E-state index in [0.717, 1.165) is 4.47 Å². The maximum atomic E-state index is 3.80. The molecule has 0 saturated heterocycles. The highest BCUT2D eigenvalue weighted by Gasteiger charge is 2.10. The molecule has 0 saturated carbocycles. The molecule has 0 aliphatic heterocycles. The Kier molecular flexibility index (Phi) is 5.05. The summed E-state index contributed by atoms with van der Waals surface area (Å²) in [5.41, 5.74) is 7.35. The standard InChI is InChI=1S/C32H21Br/c33-32-21-25(22-8-2-1-3-9-22)18-19-28(32)23-14-16-24(17-15-23)31-20-26-10-4-5-11-27(26)29-12-6-7-13-30(29)31/h1-21H. The van der Waals surface area contributed by atoms with Crippen LogP contribution in [0.4, 0.5) is 0 Å². The minimum Gasteiger partial charge on any atom is -0.0622 e. The van der Waals surface area contributed by atoms with Crippen molar-refractivity contribution in [3.05, 3.63) is 132 Å². The molecule has 0 bridgehead atoms. The summed E-state index contributed by atoms with van der Waals surface area (Å²) in [6.45, 7) is 0. The molecule has 156 valence electrons. The molecule has 0 spiro atoms. The van der Waals surface area contributed by atoms with Gasteiger partial charge in [0.25, 0.3) is 0 Å². The van der Waals surface area contributed by atoms with Crippen LogP contribution in [0.2, 0.25) is 0 Å². The first kappa shape index (κ1) is 20.0. The van der Waals surface area contributed by atoms with Crippen LogP contribution in [0, 0.1) is 0 Å². The zero-order chi connectivity index (χ0) is 22.2. The molecule has 0 aliphatic rings. The first-order valence-electron chi connectivity index (χ1n) is 11.1. The lowest BCUT2D eigenvalue weighted by molar-refractivity contribution is 1.56. The molecule has 0 nitrogen and oxygen atoms in total. The van der Waals surface area contributed by atoms with Gasteiger partial charge in [-0.3, -0.25) is 0 Å². The minimum atomic E-state index is 1.10. The molecule has 6 rings (SSSR count). The summed E-state index contributed by atoms with van der Waals surface area (Å²) in [5, 5.41) is 5.16. The summed E-state index contributed by atoms with van der Waals surface area (Å²) in [6.07, 6.45) is 0. The van der Waals surface area contributed by atoms with Crippen LogP contribution in [-0.2, 0) is 0 Å². The van der Waals surface area contributed by atoms with Gasteiger partial charge >= 0.3 is 0 Å². The highest BCUT2D eigenvalue weighted by atomic mass is 79.9. The van der Waals surface area contributed by atoms with Gasteiger partial charge in [-0.2, -0.15) is 0 Å². The molecule has 0 fully saturated rings. The quantitative estimate of drug-likeness (QED) is 0.219. The minimum absolute atomic E-state index is 1.10. The van der Waals surface area contributed by atoms with Crippen LogP contribution >= 0.6 is 15.9 Å². The zero-order valence-corrected chi connectivity index (χ0v) is 19.6. The molecular formula is C32H21Br. The largest absolute Gasteiger partial charge is 0.0622 e. The average molecular weight is 485 g/mol. The first-order chi connectivity index (χ1) is 16.3. The SMILES string of the molecule is Brc1cc(-c2ccccc2)ccc1-c1ccc(-c2cc3ccccc3c3ccccc23)cc1. The van der Waals surface area contributed by atoms with Crippen LogP contribution in [0.1, 0.15) is 0 Å². The maximum Gasteiger partial charge on any atom is 0.0259 e. The Bertz CT molecular complexity index is 1600. The summed E-state index contributed by atoms with van der Waals surface area (Å²) in [5.74, 6) is 0. The van der Waals surface area contributed by atoms with E-state index >= 15 is 0 Å². The smallest absolute Gasteiger partial charge is 0.0259 e. The predicted octanol–water partition coefficient (Wildman–Crippen LogP) is 9.76. The van der Waals surface area contributed by atoms with Gasteiger partial charge in [0.2, 0.25) is 0 Å². The summed E-state index contributed by atoms with van der Waals surface area (Å²) in [7, 11) is 0. The van der Waals surface area contributed by atoms with E-state index in [9.17, 15) is 0 Å². The van der Waals surface area contributed by atoms with Crippen molar-refractivity contribution in [2.24, 2.45) is 0 Å². The Hall–Kier alpha value is -3.68. The second-order valence-electron chi connectivity index (χ2n) is 8.33. The maximum absolute atomic E-state index is 3.80. The van der Waals surface area contributed by atoms with Gasteiger partial charge in [0.05, 0.1) is 0 Å². The lowest BCUT2D eigenvalue weighted by Gasteiger charge is -2.12. The van der Waals surface area contributed by atoms with Crippen molar-refractivity contribution in [3.8, 4) is 33.4 Å². The van der Waals surface area contributed by atoms with E-state index < -0.39 is 0 Å². The van der Waals surface area contributed by atoms with Crippen LogP contribution < -0.4 is 0 Å². The monoisotopic (exact) mass is 484 g/mol. The van der Waals surface area contributed by atoms with Crippen molar-refractivity contribution in [1.29, 1.82) is 0 Å². The lowest BCUT2D eigenvalue weighted by atomic mass is 9.92. The fraction of sp³-hybridized carbons (Fsp3) is 0. The van der Waals surface area contributed by atoms with Gasteiger partial charge < -0.3 is 0 Å². The second kappa shape index (κ2) is 8.35. The average Bonchev–Trinajstić information content (AvgIpc) is 2.89. The van der Waals surface area contributed by atoms with Gasteiger partial charge in [-0.1, -0.05) is 131 Å². The fourth-order valence-corrected chi connectivity index (χ4v) is 5.29. The number of benzene rings is 6. The third-order valence-corrected chi connectivity index (χ3v) is 7.01. The third kappa shape index (κ3) is 3.65. The second-order valence-corrected chi connectivity index (χ2v) is 9.18. The molecule has 0 amide bonds. The normalized spacial score (nSPS) is 11.2. The van der Waals surface area contributed by atoms with E-state index in [1.807, 2.05) is 6.07 Å². The summed E-state index contributed by atoms with van der Waals surface area (Å²) in [6, 6.07) is 45.7. The molecule has 33 heavy (non-hydrogen) atoms. The molecule has 1 heteroatoms. The number of halogens is 1. The molecular weight excluding hydrogens is 464 g/mol. The Balaban J connectivity index is 1.41. The van der Waals surface area contributed by atoms with Crippen LogP contribution in [0.3, 0.4) is 0 Å². The Morgan fingerprint density at radius 1 is 0.364 bits per heavy atom. The summed E-state index contributed by atoms with van der Waals surface area (Å²) < 4.78 is 1.10. The van der Waals surface area contributed by atoms with Crippen molar-refractivity contribution >= 4 is 37.5 Å². The first-order valence-corrected chi connectivity index (χ1v) is 11.9. The van der Waals surface area contributed by atoms with E-state index in [2.05, 4.69) is 137 Å². The number of hydrogen-bond acceptors (Lipinski definition) is 0. The molecule has 0 unspecified atom stereocenters. The molecule has 6 aromatic rings. The number of rotatable bonds is 3. The molecule has 0 aliphatic carbocycles. The van der Waals surface area contributed by atoms with Crippen molar-refractivity contribution in [3.63, 3.8) is 0 Å². The Morgan fingerprint density at radius 3 is 1.67 bits per heavy atom. The zero-order valence-electron chi connectivity index (χ0n) is 18.0. The summed E-state index contributed by atoms with van der Waals surface area (Å²) >= 11 is 3.80. The molecule has 0 heterocycles. The van der Waals surface area contributed by atoms with Gasteiger partial charge in [0.15, 0.2) is 0 Å². The third-order valence-electron chi connectivity index (χ3n) is 6.35. The van der Waals surface area contributed by atoms with Crippen LogP contribution in [0.25, 0.3) is 54.9 Å². The lowest BCUT2D eigenvalue weighted by Crippen LogP contribution is -1.86. The van der Waals surface area contributed by atoms with Gasteiger partial charge in [0, 0.05) is 4.47 Å². The number of hydrogen-bond donors (Lipinski definition) is 0. The fourth-order valence-electron chi connectivity index (χ4n) is 4.68. The van der Waals surface area contributed by atoms with E-state index in [1.54, 1.807) is 0 Å². The van der Waals surface area contributed by atoms with Gasteiger partial charge in [-0.05, 0) is 67.1 Å².